The number of H-pyrrole nitrogens is 1. The molecule has 0 unspecified atom stereocenters. The number of benzene rings is 1. The summed E-state index contributed by atoms with van der Waals surface area (Å²) in [6.07, 6.45) is 0.622. The van der Waals surface area contributed by atoms with Crippen LogP contribution in [0.3, 0.4) is 0 Å². The average molecular weight is 406 g/mol. The summed E-state index contributed by atoms with van der Waals surface area (Å²) in [5.41, 5.74) is 2.87. The summed E-state index contributed by atoms with van der Waals surface area (Å²) in [4.78, 5) is 16.7. The third kappa shape index (κ3) is 4.80. The van der Waals surface area contributed by atoms with E-state index < -0.39 is 0 Å². The van der Waals surface area contributed by atoms with Crippen LogP contribution in [0.5, 0.6) is 0 Å². The zero-order valence-electron chi connectivity index (χ0n) is 14.5. The molecule has 0 fully saturated rings. The zero-order valence-corrected chi connectivity index (χ0v) is 16.9. The van der Waals surface area contributed by atoms with Gasteiger partial charge >= 0.3 is 0 Å². The van der Waals surface area contributed by atoms with Gasteiger partial charge in [-0.3, -0.25) is 9.89 Å². The average Bonchev–Trinajstić information content (AvgIpc) is 3.20. The number of hydrogen-bond acceptors (Lipinski definition) is 6. The number of carbonyl (C=O) groups excluding carboxylic acids is 1. The highest BCUT2D eigenvalue weighted by molar-refractivity contribution is 8.00. The van der Waals surface area contributed by atoms with Crippen molar-refractivity contribution in [2.24, 2.45) is 7.05 Å². The number of thiazole rings is 1. The van der Waals surface area contributed by atoms with Gasteiger partial charge in [0.25, 0.3) is 5.91 Å². The molecule has 0 aliphatic heterocycles. The Balaban J connectivity index is 1.48. The maximum atomic E-state index is 12.2. The molecule has 6 nitrogen and oxygen atoms in total. The second-order valence-corrected chi connectivity index (χ2v) is 8.22. The summed E-state index contributed by atoms with van der Waals surface area (Å²) in [6, 6.07) is 7.68. The fraction of sp³-hybridized carbons (Fsp3) is 0.294. The molecule has 2 N–H and O–H groups in total. The quantitative estimate of drug-likeness (QED) is 0.465. The lowest BCUT2D eigenvalue weighted by molar-refractivity contribution is 0.0954. The van der Waals surface area contributed by atoms with E-state index in [1.165, 1.54) is 5.56 Å². The molecule has 1 amide bonds. The number of hydrogen-bond donors (Lipinski definition) is 2. The van der Waals surface area contributed by atoms with Crippen LogP contribution in [-0.2, 0) is 19.2 Å². The highest BCUT2D eigenvalue weighted by Crippen LogP contribution is 2.26. The molecule has 1 aromatic carbocycles. The molecule has 0 bridgehead atoms. The van der Waals surface area contributed by atoms with Crippen molar-refractivity contribution in [1.29, 1.82) is 0 Å². The third-order valence-electron chi connectivity index (χ3n) is 3.78. The van der Waals surface area contributed by atoms with Gasteiger partial charge < -0.3 is 9.88 Å². The number of carbonyl (C=O) groups is 1. The first-order chi connectivity index (χ1) is 12.5. The van der Waals surface area contributed by atoms with Crippen molar-refractivity contribution in [3.63, 3.8) is 0 Å². The van der Waals surface area contributed by atoms with Gasteiger partial charge in [-0.1, -0.05) is 23.9 Å². The van der Waals surface area contributed by atoms with Crippen molar-refractivity contribution in [2.45, 2.75) is 23.4 Å². The highest BCUT2D eigenvalue weighted by atomic mass is 32.2. The van der Waals surface area contributed by atoms with E-state index in [-0.39, 0.29) is 5.91 Å². The van der Waals surface area contributed by atoms with Crippen LogP contribution < -0.4 is 5.32 Å². The zero-order chi connectivity index (χ0) is 18.5. The molecule has 3 rings (SSSR count). The van der Waals surface area contributed by atoms with Crippen LogP contribution in [-0.4, -0.2) is 32.2 Å². The molecule has 2 aromatic heterocycles. The van der Waals surface area contributed by atoms with Crippen LogP contribution in [0.1, 0.15) is 27.4 Å². The number of aromatic nitrogens is 4. The summed E-state index contributed by atoms with van der Waals surface area (Å²) < 4.78 is 3.45. The van der Waals surface area contributed by atoms with Gasteiger partial charge in [0.1, 0.15) is 10.2 Å². The van der Waals surface area contributed by atoms with Gasteiger partial charge in [0, 0.05) is 42.4 Å². The van der Waals surface area contributed by atoms with E-state index in [1.54, 1.807) is 27.7 Å². The van der Waals surface area contributed by atoms with Crippen molar-refractivity contribution >= 4 is 41.2 Å². The van der Waals surface area contributed by atoms with Crippen LogP contribution in [0, 0.1) is 11.7 Å². The summed E-state index contributed by atoms with van der Waals surface area (Å²) in [5, 5.41) is 11.8. The Morgan fingerprint density at radius 2 is 2.15 bits per heavy atom. The number of rotatable bonds is 7. The normalized spacial score (nSPS) is 10.8. The number of amides is 1. The van der Waals surface area contributed by atoms with E-state index >= 15 is 0 Å². The molecule has 0 aliphatic carbocycles. The predicted molar refractivity (Wildman–Crippen MR) is 107 cm³/mol. The van der Waals surface area contributed by atoms with Crippen molar-refractivity contribution in [1.82, 2.24) is 25.1 Å². The van der Waals surface area contributed by atoms with Gasteiger partial charge in [-0.25, -0.2) is 4.98 Å². The molecular formula is C17H19N5OS3. The maximum absolute atomic E-state index is 12.2. The van der Waals surface area contributed by atoms with E-state index in [0.717, 1.165) is 21.6 Å². The van der Waals surface area contributed by atoms with E-state index in [4.69, 9.17) is 12.2 Å². The smallest absolute Gasteiger partial charge is 0.251 e. The first-order valence-corrected chi connectivity index (χ1v) is 10.3. The predicted octanol–water partition coefficient (Wildman–Crippen LogP) is 3.51. The fourth-order valence-corrected chi connectivity index (χ4v) is 4.25. The second-order valence-electron chi connectivity index (χ2n) is 5.75. The van der Waals surface area contributed by atoms with Crippen LogP contribution in [0.25, 0.3) is 0 Å². The van der Waals surface area contributed by atoms with Gasteiger partial charge in [-0.15, -0.1) is 11.3 Å². The molecular weight excluding hydrogens is 386 g/mol. The van der Waals surface area contributed by atoms with Crippen molar-refractivity contribution in [3.05, 3.63) is 57.1 Å². The molecule has 0 saturated carbocycles. The minimum Gasteiger partial charge on any atom is -0.352 e. The van der Waals surface area contributed by atoms with Gasteiger partial charge in [-0.05, 0) is 36.8 Å². The summed E-state index contributed by atoms with van der Waals surface area (Å²) in [7, 11) is 1.85. The van der Waals surface area contributed by atoms with Crippen LogP contribution in [0.15, 0.2) is 34.0 Å². The molecule has 0 aliphatic rings. The lowest BCUT2D eigenvalue weighted by atomic mass is 10.1. The Labute approximate surface area is 165 Å². The largest absolute Gasteiger partial charge is 0.352 e. The van der Waals surface area contributed by atoms with Crippen molar-refractivity contribution in [3.8, 4) is 0 Å². The standard InChI is InChI=1S/C17H19N5OS3/c1-11-9-25-17(19-11)26-10-12-3-5-13(6-4-12)15(23)18-8-7-14-20-21-16(24)22(14)2/h3-6,9H,7-8,10H2,1-2H3,(H,18,23)(H,21,24). The van der Waals surface area contributed by atoms with E-state index in [2.05, 4.69) is 20.5 Å². The summed E-state index contributed by atoms with van der Waals surface area (Å²) >= 11 is 8.44. The number of aromatic amines is 1. The Morgan fingerprint density at radius 1 is 1.38 bits per heavy atom. The maximum Gasteiger partial charge on any atom is 0.251 e. The molecule has 26 heavy (non-hydrogen) atoms. The van der Waals surface area contributed by atoms with E-state index in [9.17, 15) is 4.79 Å². The molecule has 136 valence electrons. The molecule has 0 spiro atoms. The molecule has 0 saturated heterocycles. The highest BCUT2D eigenvalue weighted by Gasteiger charge is 2.07. The summed E-state index contributed by atoms with van der Waals surface area (Å²) in [5.74, 6) is 1.57. The molecule has 2 heterocycles. The molecule has 0 atom stereocenters. The number of aryl methyl sites for hydroxylation is 1. The van der Waals surface area contributed by atoms with Gasteiger partial charge in [-0.2, -0.15) is 5.10 Å². The van der Waals surface area contributed by atoms with Crippen LogP contribution in [0.4, 0.5) is 0 Å². The van der Waals surface area contributed by atoms with E-state index in [0.29, 0.717) is 23.3 Å². The molecule has 9 heteroatoms. The number of nitrogens with zero attached hydrogens (tertiary/aromatic N) is 3. The lowest BCUT2D eigenvalue weighted by Crippen LogP contribution is -2.26. The summed E-state index contributed by atoms with van der Waals surface area (Å²) in [6.45, 7) is 2.50. The van der Waals surface area contributed by atoms with Crippen LogP contribution >= 0.6 is 35.3 Å². The third-order valence-corrected chi connectivity index (χ3v) is 6.36. The number of thioether (sulfide) groups is 1. The minimum atomic E-state index is -0.0865. The van der Waals surface area contributed by atoms with Crippen LogP contribution in [0.2, 0.25) is 0 Å². The van der Waals surface area contributed by atoms with Crippen molar-refractivity contribution in [2.75, 3.05) is 6.54 Å². The Bertz CT molecular complexity index is 942. The van der Waals surface area contributed by atoms with E-state index in [1.807, 2.05) is 43.6 Å². The fourth-order valence-electron chi connectivity index (χ4n) is 2.29. The van der Waals surface area contributed by atoms with Crippen molar-refractivity contribution < 1.29 is 4.79 Å². The second kappa shape index (κ2) is 8.61. The minimum absolute atomic E-state index is 0.0865. The van der Waals surface area contributed by atoms with Gasteiger partial charge in [0.15, 0.2) is 4.77 Å². The lowest BCUT2D eigenvalue weighted by Gasteiger charge is -2.06. The topological polar surface area (TPSA) is 75.6 Å². The Hall–Kier alpha value is -1.97. The van der Waals surface area contributed by atoms with Gasteiger partial charge in [0.05, 0.1) is 0 Å². The first-order valence-electron chi connectivity index (χ1n) is 8.05. The first kappa shape index (κ1) is 18.8. The number of nitrogens with one attached hydrogen (secondary N) is 2. The Kier molecular flexibility index (Phi) is 6.23. The molecule has 0 radical (unpaired) electrons. The SMILES string of the molecule is Cc1csc(SCc2ccc(C(=O)NCCc3n[nH]c(=S)n3C)cc2)n1. The molecule has 3 aromatic rings. The Morgan fingerprint density at radius 3 is 2.77 bits per heavy atom. The van der Waals surface area contributed by atoms with Gasteiger partial charge in [0.2, 0.25) is 0 Å². The monoisotopic (exact) mass is 405 g/mol.